The highest BCUT2D eigenvalue weighted by atomic mass is 31.2. The molecule has 0 fully saturated rings. The van der Waals surface area contributed by atoms with E-state index < -0.39 is 54.6 Å². The fraction of sp³-hybridized carbons (Fsp3) is 0.639. The minimum atomic E-state index is -4.96. The molecule has 0 aliphatic heterocycles. The number of halogens is 5. The normalized spacial score (nSPS) is 13.3. The summed E-state index contributed by atoms with van der Waals surface area (Å²) in [5.74, 6) is -14.4. The molecule has 0 saturated heterocycles. The first-order valence-electron chi connectivity index (χ1n) is 17.6. The summed E-state index contributed by atoms with van der Waals surface area (Å²) in [6, 6.07) is 7.03. The Balaban J connectivity index is 1.85. The number of unbranched alkanes of at least 4 members (excludes halogenated alkanes) is 13. The highest BCUT2D eigenvalue weighted by Gasteiger charge is 2.38. The third-order valence-electron chi connectivity index (χ3n) is 7.89. The number of carbonyl (C=O) groups excluding carboxylic acids is 1. The maximum Gasteiger partial charge on any atom is 0.459 e. The Morgan fingerprint density at radius 3 is 1.69 bits per heavy atom. The predicted octanol–water partition coefficient (Wildman–Crippen LogP) is 10.5. The molecule has 1 N–H and O–H groups in total. The first-order valence-corrected chi connectivity index (χ1v) is 19.2. The lowest BCUT2D eigenvalue weighted by Gasteiger charge is -2.25. The zero-order valence-corrected chi connectivity index (χ0v) is 29.8. The highest BCUT2D eigenvalue weighted by molar-refractivity contribution is 7.52. The number of benzene rings is 2. The van der Waals surface area contributed by atoms with Crippen LogP contribution in [0.1, 0.15) is 116 Å². The molecule has 7 nitrogen and oxygen atoms in total. The number of ether oxygens (including phenoxy) is 2. The SMILES string of the molecule is CCCCCCCCCCCCCCCCOCCCOP(=O)(N[C@@H](Cc1ccccc1)C(=O)OCC)Oc1c(F)c(F)c(F)c(F)c1F. The number of rotatable bonds is 28. The third-order valence-corrected chi connectivity index (χ3v) is 9.46. The van der Waals surface area contributed by atoms with Crippen LogP contribution in [0.2, 0.25) is 0 Å². The molecule has 13 heteroatoms. The minimum absolute atomic E-state index is 0.0495. The van der Waals surface area contributed by atoms with Crippen molar-refractivity contribution >= 4 is 13.7 Å². The molecule has 0 aliphatic rings. The molecule has 0 aromatic heterocycles. The maximum absolute atomic E-state index is 14.5. The molecule has 0 amide bonds. The lowest BCUT2D eigenvalue weighted by atomic mass is 10.0. The largest absolute Gasteiger partial charge is 0.465 e. The summed E-state index contributed by atoms with van der Waals surface area (Å²) in [5.41, 5.74) is 0.590. The first-order chi connectivity index (χ1) is 23.6. The van der Waals surface area contributed by atoms with Crippen LogP contribution in [0.5, 0.6) is 5.75 Å². The molecular weight excluding hydrogens is 668 g/mol. The van der Waals surface area contributed by atoms with Gasteiger partial charge in [0.2, 0.25) is 34.8 Å². The van der Waals surface area contributed by atoms with Gasteiger partial charge in [0.05, 0.1) is 13.2 Å². The van der Waals surface area contributed by atoms with Crippen LogP contribution in [0, 0.1) is 29.1 Å². The molecule has 0 heterocycles. The molecular formula is C36H53F5NO6P. The van der Waals surface area contributed by atoms with Crippen LogP contribution in [0.15, 0.2) is 30.3 Å². The molecule has 1 unspecified atom stereocenters. The standard InChI is InChI=1S/C36H53F5NO6P/c1-3-5-6-7-8-9-10-11-12-13-14-15-16-20-24-45-25-21-26-47-49(44,48-35-33(40)31(38)30(37)32(39)34(35)41)42-29(36(43)46-4-2)27-28-22-18-17-19-23-28/h17-19,22-23,29H,3-16,20-21,24-27H2,1-2H3,(H,42,44)/t29-,49?/m0/s1. The Kier molecular flexibility index (Phi) is 21.4. The van der Waals surface area contributed by atoms with Crippen molar-refractivity contribution in [3.8, 4) is 5.75 Å². The van der Waals surface area contributed by atoms with Crippen molar-refractivity contribution in [1.29, 1.82) is 0 Å². The van der Waals surface area contributed by atoms with E-state index in [0.29, 0.717) is 12.2 Å². The van der Waals surface area contributed by atoms with Gasteiger partial charge in [0.1, 0.15) is 6.04 Å². The maximum atomic E-state index is 14.5. The van der Waals surface area contributed by atoms with E-state index in [2.05, 4.69) is 12.0 Å². The average molecular weight is 722 g/mol. The van der Waals surface area contributed by atoms with E-state index in [1.807, 2.05) is 0 Å². The van der Waals surface area contributed by atoms with Gasteiger partial charge in [0, 0.05) is 13.2 Å². The molecule has 0 aliphatic carbocycles. The van der Waals surface area contributed by atoms with E-state index >= 15 is 0 Å². The van der Waals surface area contributed by atoms with Crippen molar-refractivity contribution < 1.29 is 49.8 Å². The van der Waals surface area contributed by atoms with Gasteiger partial charge in [-0.1, -0.05) is 121 Å². The molecule has 49 heavy (non-hydrogen) atoms. The second-order valence-electron chi connectivity index (χ2n) is 12.0. The topological polar surface area (TPSA) is 83.1 Å². The Hall–Kier alpha value is -2.53. The van der Waals surface area contributed by atoms with E-state index in [4.69, 9.17) is 18.5 Å². The summed E-state index contributed by atoms with van der Waals surface area (Å²) >= 11 is 0. The van der Waals surface area contributed by atoms with Crippen molar-refractivity contribution in [2.45, 2.75) is 123 Å². The highest BCUT2D eigenvalue weighted by Crippen LogP contribution is 2.47. The molecule has 0 bridgehead atoms. The quantitative estimate of drug-likeness (QED) is 0.0234. The van der Waals surface area contributed by atoms with E-state index in [9.17, 15) is 31.3 Å². The molecule has 2 aromatic rings. The lowest BCUT2D eigenvalue weighted by molar-refractivity contribution is -0.145. The molecule has 0 saturated carbocycles. The molecule has 2 rings (SSSR count). The van der Waals surface area contributed by atoms with Crippen LogP contribution in [0.25, 0.3) is 0 Å². The Labute approximate surface area is 288 Å². The van der Waals surface area contributed by atoms with Crippen LogP contribution in [-0.2, 0) is 29.8 Å². The molecule has 2 atom stereocenters. The van der Waals surface area contributed by atoms with Gasteiger partial charge in [-0.3, -0.25) is 9.32 Å². The smallest absolute Gasteiger partial charge is 0.459 e. The second kappa shape index (κ2) is 24.6. The van der Waals surface area contributed by atoms with Gasteiger partial charge < -0.3 is 14.0 Å². The van der Waals surface area contributed by atoms with Crippen LogP contribution in [-0.4, -0.2) is 38.4 Å². The van der Waals surface area contributed by atoms with Crippen molar-refractivity contribution in [2.75, 3.05) is 26.4 Å². The third kappa shape index (κ3) is 16.4. The second-order valence-corrected chi connectivity index (χ2v) is 13.7. The van der Waals surface area contributed by atoms with Crippen molar-refractivity contribution in [3.05, 3.63) is 65.0 Å². The van der Waals surface area contributed by atoms with E-state index in [1.54, 1.807) is 30.3 Å². The molecule has 0 spiro atoms. The minimum Gasteiger partial charge on any atom is -0.465 e. The average Bonchev–Trinajstić information content (AvgIpc) is 3.09. The monoisotopic (exact) mass is 721 g/mol. The number of esters is 1. The van der Waals surface area contributed by atoms with Gasteiger partial charge in [-0.25, -0.2) is 17.7 Å². The van der Waals surface area contributed by atoms with Gasteiger partial charge in [0.15, 0.2) is 0 Å². The number of hydrogen-bond donors (Lipinski definition) is 1. The summed E-state index contributed by atoms with van der Waals surface area (Å²) < 4.78 is 105. The van der Waals surface area contributed by atoms with Gasteiger partial charge in [-0.05, 0) is 31.7 Å². The van der Waals surface area contributed by atoms with Gasteiger partial charge in [-0.2, -0.15) is 13.9 Å². The number of nitrogens with one attached hydrogen (secondary N) is 1. The Morgan fingerprint density at radius 1 is 0.673 bits per heavy atom. The summed E-state index contributed by atoms with van der Waals surface area (Å²) in [5, 5.41) is 2.30. The molecule has 2 aromatic carbocycles. The number of hydrogen-bond acceptors (Lipinski definition) is 6. The number of carbonyl (C=O) groups is 1. The zero-order chi connectivity index (χ0) is 35.9. The lowest BCUT2D eigenvalue weighted by Crippen LogP contribution is -2.39. The van der Waals surface area contributed by atoms with Gasteiger partial charge in [0.25, 0.3) is 0 Å². The predicted molar refractivity (Wildman–Crippen MR) is 180 cm³/mol. The fourth-order valence-corrected chi connectivity index (χ4v) is 6.72. The summed E-state index contributed by atoms with van der Waals surface area (Å²) in [4.78, 5) is 12.8. The van der Waals surface area contributed by atoms with E-state index in [0.717, 1.165) is 19.3 Å². The van der Waals surface area contributed by atoms with Gasteiger partial charge >= 0.3 is 13.7 Å². The van der Waals surface area contributed by atoms with Crippen LogP contribution < -0.4 is 9.61 Å². The first kappa shape index (κ1) is 42.6. The van der Waals surface area contributed by atoms with Crippen molar-refractivity contribution in [2.24, 2.45) is 0 Å². The van der Waals surface area contributed by atoms with Crippen molar-refractivity contribution in [1.82, 2.24) is 5.09 Å². The van der Waals surface area contributed by atoms with E-state index in [1.165, 1.54) is 77.6 Å². The molecule has 278 valence electrons. The zero-order valence-electron chi connectivity index (χ0n) is 28.9. The van der Waals surface area contributed by atoms with Gasteiger partial charge in [-0.15, -0.1) is 0 Å². The van der Waals surface area contributed by atoms with E-state index in [-0.39, 0.29) is 32.7 Å². The van der Waals surface area contributed by atoms with Crippen LogP contribution in [0.3, 0.4) is 0 Å². The molecule has 0 radical (unpaired) electrons. The van der Waals surface area contributed by atoms with Crippen LogP contribution >= 0.6 is 7.75 Å². The Bertz CT molecular complexity index is 1240. The summed E-state index contributed by atoms with van der Waals surface area (Å²) in [6.07, 6.45) is 17.4. The fourth-order valence-electron chi connectivity index (χ4n) is 5.19. The van der Waals surface area contributed by atoms with Crippen molar-refractivity contribution in [3.63, 3.8) is 0 Å². The van der Waals surface area contributed by atoms with Crippen LogP contribution in [0.4, 0.5) is 22.0 Å². The summed E-state index contributed by atoms with van der Waals surface area (Å²) in [7, 11) is -4.96. The Morgan fingerprint density at radius 2 is 1.16 bits per heavy atom. The summed E-state index contributed by atoms with van der Waals surface area (Å²) in [6.45, 7) is 4.06.